The summed E-state index contributed by atoms with van der Waals surface area (Å²) in [5.41, 5.74) is 0.409. The summed E-state index contributed by atoms with van der Waals surface area (Å²) in [5, 5.41) is 0. The fraction of sp³-hybridized carbons (Fsp3) is 0.750. The Labute approximate surface area is 120 Å². The summed E-state index contributed by atoms with van der Waals surface area (Å²) in [7, 11) is 1.37. The maximum atomic E-state index is 11.9. The van der Waals surface area contributed by atoms with E-state index in [1.165, 1.54) is 26.4 Å². The third kappa shape index (κ3) is 2.74. The number of nitrogens with zero attached hydrogens (tertiary/aromatic N) is 1. The van der Waals surface area contributed by atoms with Gasteiger partial charge in [0.1, 0.15) is 0 Å². The van der Waals surface area contributed by atoms with Crippen molar-refractivity contribution in [2.24, 2.45) is 0 Å². The van der Waals surface area contributed by atoms with E-state index in [0.29, 0.717) is 11.6 Å². The summed E-state index contributed by atoms with van der Waals surface area (Å²) < 4.78 is 10.7. The highest BCUT2D eigenvalue weighted by Gasteiger charge is 2.38. The molecule has 20 heavy (non-hydrogen) atoms. The van der Waals surface area contributed by atoms with Crippen molar-refractivity contribution in [1.29, 1.82) is 0 Å². The Morgan fingerprint density at radius 2 is 1.85 bits per heavy atom. The number of ether oxygens (including phenoxy) is 1. The van der Waals surface area contributed by atoms with Crippen LogP contribution in [-0.4, -0.2) is 18.1 Å². The number of carbonyl (C=O) groups excluding carboxylic acids is 1. The van der Waals surface area contributed by atoms with Gasteiger partial charge in [0.05, 0.1) is 12.8 Å². The van der Waals surface area contributed by atoms with Gasteiger partial charge in [-0.3, -0.25) is 0 Å². The summed E-state index contributed by atoms with van der Waals surface area (Å²) in [6.45, 7) is 8.28. The molecule has 112 valence electrons. The van der Waals surface area contributed by atoms with Crippen LogP contribution >= 0.6 is 0 Å². The van der Waals surface area contributed by atoms with Crippen LogP contribution in [0.5, 0.6) is 0 Å². The molecule has 0 atom stereocenters. The van der Waals surface area contributed by atoms with Crippen molar-refractivity contribution in [3.05, 3.63) is 17.3 Å². The molecule has 0 spiro atoms. The first kappa shape index (κ1) is 15.1. The van der Waals surface area contributed by atoms with Gasteiger partial charge in [0.2, 0.25) is 11.7 Å². The Morgan fingerprint density at radius 1 is 1.25 bits per heavy atom. The molecule has 1 saturated carbocycles. The second-order valence-electron chi connectivity index (χ2n) is 7.06. The van der Waals surface area contributed by atoms with Crippen molar-refractivity contribution in [2.75, 3.05) is 7.11 Å². The smallest absolute Gasteiger partial charge is 0.376 e. The number of hydrogen-bond donors (Lipinski definition) is 0. The fourth-order valence-corrected chi connectivity index (χ4v) is 2.86. The summed E-state index contributed by atoms with van der Waals surface area (Å²) in [6, 6.07) is 0. The molecule has 1 fully saturated rings. The molecule has 0 N–H and O–H groups in total. The summed E-state index contributed by atoms with van der Waals surface area (Å²) in [5.74, 6) is 0.525. The van der Waals surface area contributed by atoms with Gasteiger partial charge in [-0.1, -0.05) is 47.0 Å². The first-order chi connectivity index (χ1) is 9.28. The highest BCUT2D eigenvalue weighted by Crippen LogP contribution is 2.40. The van der Waals surface area contributed by atoms with E-state index in [0.717, 1.165) is 12.8 Å². The Balaban J connectivity index is 2.46. The molecule has 0 aliphatic heterocycles. The van der Waals surface area contributed by atoms with Crippen molar-refractivity contribution in [3.8, 4) is 0 Å². The Morgan fingerprint density at radius 3 is 2.35 bits per heavy atom. The summed E-state index contributed by atoms with van der Waals surface area (Å²) in [4.78, 5) is 16.6. The van der Waals surface area contributed by atoms with Gasteiger partial charge in [0.15, 0.2) is 0 Å². The minimum atomic E-state index is -0.437. The van der Waals surface area contributed by atoms with Crippen LogP contribution in [0.4, 0.5) is 0 Å². The second-order valence-corrected chi connectivity index (χ2v) is 7.06. The first-order valence-corrected chi connectivity index (χ1v) is 7.38. The lowest BCUT2D eigenvalue weighted by Gasteiger charge is -2.30. The number of hydrogen-bond acceptors (Lipinski definition) is 4. The number of methoxy groups -OCH3 is 1. The molecule has 4 heteroatoms. The predicted octanol–water partition coefficient (Wildman–Crippen LogP) is 3.98. The van der Waals surface area contributed by atoms with E-state index in [4.69, 9.17) is 9.15 Å². The Hall–Kier alpha value is -1.32. The number of esters is 1. The van der Waals surface area contributed by atoms with Gasteiger partial charge in [-0.05, 0) is 12.8 Å². The minimum absolute atomic E-state index is 0.0511. The molecule has 1 aromatic heterocycles. The van der Waals surface area contributed by atoms with Gasteiger partial charge in [0, 0.05) is 10.8 Å². The van der Waals surface area contributed by atoms with Crippen LogP contribution in [-0.2, 0) is 15.6 Å². The van der Waals surface area contributed by atoms with Crippen LogP contribution in [0.25, 0.3) is 0 Å². The van der Waals surface area contributed by atoms with E-state index in [1.54, 1.807) is 0 Å². The van der Waals surface area contributed by atoms with Crippen molar-refractivity contribution >= 4 is 5.97 Å². The number of rotatable bonds is 2. The fourth-order valence-electron chi connectivity index (χ4n) is 2.86. The van der Waals surface area contributed by atoms with E-state index < -0.39 is 5.97 Å². The van der Waals surface area contributed by atoms with Crippen LogP contribution < -0.4 is 0 Å². The Bertz CT molecular complexity index is 490. The highest BCUT2D eigenvalue weighted by atomic mass is 16.5. The lowest BCUT2D eigenvalue weighted by atomic mass is 9.75. The number of aromatic nitrogens is 1. The zero-order chi connectivity index (χ0) is 15.0. The molecular weight excluding hydrogens is 254 g/mol. The number of carbonyl (C=O) groups is 1. The molecule has 0 radical (unpaired) electrons. The summed E-state index contributed by atoms with van der Waals surface area (Å²) in [6.07, 6.45) is 5.79. The zero-order valence-electron chi connectivity index (χ0n) is 13.2. The van der Waals surface area contributed by atoms with Crippen LogP contribution in [0.1, 0.15) is 81.9 Å². The van der Waals surface area contributed by atoms with Gasteiger partial charge >= 0.3 is 5.97 Å². The predicted molar refractivity (Wildman–Crippen MR) is 77.0 cm³/mol. The minimum Gasteiger partial charge on any atom is -0.463 e. The topological polar surface area (TPSA) is 52.3 Å². The second kappa shape index (κ2) is 5.23. The third-order valence-electron chi connectivity index (χ3n) is 4.18. The van der Waals surface area contributed by atoms with Crippen molar-refractivity contribution in [3.63, 3.8) is 0 Å². The lowest BCUT2D eigenvalue weighted by molar-refractivity contribution is 0.0555. The zero-order valence-corrected chi connectivity index (χ0v) is 13.2. The van der Waals surface area contributed by atoms with Crippen LogP contribution in [0.2, 0.25) is 0 Å². The van der Waals surface area contributed by atoms with Gasteiger partial charge in [-0.25, -0.2) is 9.78 Å². The van der Waals surface area contributed by atoms with E-state index in [-0.39, 0.29) is 16.6 Å². The standard InChI is InChI=1S/C16H25NO3/c1-15(2,3)12-11(13(18)19-5)20-14(17-12)16(4)9-7-6-8-10-16/h6-10H2,1-5H3. The van der Waals surface area contributed by atoms with Crippen molar-refractivity contribution in [1.82, 2.24) is 4.98 Å². The van der Waals surface area contributed by atoms with E-state index in [1.807, 2.05) is 20.8 Å². The van der Waals surface area contributed by atoms with E-state index >= 15 is 0 Å². The monoisotopic (exact) mass is 279 g/mol. The molecule has 1 aliphatic carbocycles. The maximum absolute atomic E-state index is 11.9. The largest absolute Gasteiger partial charge is 0.463 e. The quantitative estimate of drug-likeness (QED) is 0.768. The molecule has 0 unspecified atom stereocenters. The molecule has 0 amide bonds. The van der Waals surface area contributed by atoms with Gasteiger partial charge in [0.25, 0.3) is 0 Å². The van der Waals surface area contributed by atoms with E-state index in [2.05, 4.69) is 11.9 Å². The van der Waals surface area contributed by atoms with Crippen LogP contribution in [0, 0.1) is 0 Å². The average Bonchev–Trinajstić information content (AvgIpc) is 2.84. The molecule has 0 bridgehead atoms. The van der Waals surface area contributed by atoms with Crippen LogP contribution in [0.3, 0.4) is 0 Å². The normalized spacial score (nSPS) is 18.9. The number of oxazole rings is 1. The third-order valence-corrected chi connectivity index (χ3v) is 4.18. The molecule has 1 aliphatic rings. The molecule has 1 aromatic rings. The molecular formula is C16H25NO3. The molecule has 0 saturated heterocycles. The van der Waals surface area contributed by atoms with Gasteiger partial charge in [-0.2, -0.15) is 0 Å². The van der Waals surface area contributed by atoms with Crippen molar-refractivity contribution < 1.29 is 13.9 Å². The van der Waals surface area contributed by atoms with Crippen LogP contribution in [0.15, 0.2) is 4.42 Å². The molecule has 0 aromatic carbocycles. The van der Waals surface area contributed by atoms with Crippen molar-refractivity contribution in [2.45, 2.75) is 70.6 Å². The van der Waals surface area contributed by atoms with Gasteiger partial charge in [-0.15, -0.1) is 0 Å². The first-order valence-electron chi connectivity index (χ1n) is 7.38. The highest BCUT2D eigenvalue weighted by molar-refractivity contribution is 5.87. The van der Waals surface area contributed by atoms with Gasteiger partial charge < -0.3 is 9.15 Å². The average molecular weight is 279 g/mol. The molecule has 2 rings (SSSR count). The van der Waals surface area contributed by atoms with E-state index in [9.17, 15) is 4.79 Å². The molecule has 1 heterocycles. The maximum Gasteiger partial charge on any atom is 0.376 e. The Kier molecular flexibility index (Phi) is 3.94. The molecule has 4 nitrogen and oxygen atoms in total. The summed E-state index contributed by atoms with van der Waals surface area (Å²) >= 11 is 0. The SMILES string of the molecule is COC(=O)c1oc(C2(C)CCCCC2)nc1C(C)(C)C. The lowest BCUT2D eigenvalue weighted by Crippen LogP contribution is -2.25.